The number of nitrogens with one attached hydrogen (secondary N) is 4. The molecule has 3 amide bonds. The maximum atomic E-state index is 13.6. The first-order chi connectivity index (χ1) is 20.4. The molecule has 0 radical (unpaired) electrons. The van der Waals surface area contributed by atoms with Crippen LogP contribution in [-0.2, 0) is 25.6 Å². The molecule has 2 aromatic rings. The van der Waals surface area contributed by atoms with Crippen LogP contribution in [0.25, 0.3) is 10.9 Å². The zero-order valence-electron chi connectivity index (χ0n) is 23.7. The molecule has 0 saturated heterocycles. The molecule has 0 aliphatic rings. The number of fused-ring (bicyclic) bond motifs is 1. The maximum absolute atomic E-state index is 13.6. The number of carbonyl (C=O) groups excluding carboxylic acids is 3. The summed E-state index contributed by atoms with van der Waals surface area (Å²) < 4.78 is 0. The van der Waals surface area contributed by atoms with Gasteiger partial charge in [-0.05, 0) is 37.3 Å². The SMILES string of the molecule is NC(N)=NCCCC(NC(=O)C(CCCN=C(N)N)NC(=O)C(Cc1c[nH]c2ccccc12)NC(=O)C(N)CO)C(=O)O. The number of guanidine groups is 2. The number of nitrogens with two attached hydrogens (primary N) is 5. The summed E-state index contributed by atoms with van der Waals surface area (Å²) in [6.07, 6.45) is 2.30. The van der Waals surface area contributed by atoms with E-state index in [1.54, 1.807) is 6.20 Å². The lowest BCUT2D eigenvalue weighted by molar-refractivity contribution is -0.142. The van der Waals surface area contributed by atoms with E-state index in [0.717, 1.165) is 10.9 Å². The lowest BCUT2D eigenvalue weighted by Crippen LogP contribution is -2.58. The molecule has 1 aromatic heterocycles. The number of aliphatic carboxylic acids is 1. The van der Waals surface area contributed by atoms with Gasteiger partial charge < -0.3 is 59.8 Å². The van der Waals surface area contributed by atoms with E-state index in [-0.39, 0.29) is 57.1 Å². The van der Waals surface area contributed by atoms with Crippen molar-refractivity contribution < 1.29 is 29.4 Å². The number of rotatable bonds is 18. The number of carbonyl (C=O) groups is 4. The first kappa shape index (κ1) is 34.3. The zero-order chi connectivity index (χ0) is 31.9. The van der Waals surface area contributed by atoms with Gasteiger partial charge in [-0.25, -0.2) is 4.79 Å². The molecule has 16 N–H and O–H groups in total. The number of amides is 3. The van der Waals surface area contributed by atoms with Gasteiger partial charge in [0.05, 0.1) is 6.61 Å². The van der Waals surface area contributed by atoms with E-state index in [4.69, 9.17) is 28.7 Å². The Bertz CT molecular complexity index is 1300. The number of aliphatic hydroxyl groups is 1. The summed E-state index contributed by atoms with van der Waals surface area (Å²) in [5.74, 6) is -3.86. The van der Waals surface area contributed by atoms with Crippen LogP contribution in [0, 0.1) is 0 Å². The van der Waals surface area contributed by atoms with Crippen molar-refractivity contribution in [2.45, 2.75) is 56.3 Å². The minimum atomic E-state index is -1.29. The average Bonchev–Trinajstić information content (AvgIpc) is 3.37. The third-order valence-electron chi connectivity index (χ3n) is 6.40. The predicted octanol–water partition coefficient (Wildman–Crippen LogP) is -3.32. The van der Waals surface area contributed by atoms with Gasteiger partial charge >= 0.3 is 5.97 Å². The molecule has 17 heteroatoms. The second-order valence-electron chi connectivity index (χ2n) is 9.77. The number of hydrogen-bond acceptors (Lipinski definition) is 8. The highest BCUT2D eigenvalue weighted by molar-refractivity contribution is 5.95. The molecular weight excluding hydrogens is 562 g/mol. The lowest BCUT2D eigenvalue weighted by Gasteiger charge is -2.25. The van der Waals surface area contributed by atoms with Crippen LogP contribution < -0.4 is 44.6 Å². The quantitative estimate of drug-likeness (QED) is 0.0455. The number of para-hydroxylation sites is 1. The van der Waals surface area contributed by atoms with Crippen molar-refractivity contribution in [3.05, 3.63) is 36.0 Å². The second kappa shape index (κ2) is 17.1. The van der Waals surface area contributed by atoms with E-state index in [1.165, 1.54) is 0 Å². The van der Waals surface area contributed by atoms with Gasteiger partial charge in [-0.1, -0.05) is 18.2 Å². The minimum absolute atomic E-state index is 0.0185. The van der Waals surface area contributed by atoms with E-state index >= 15 is 0 Å². The zero-order valence-corrected chi connectivity index (χ0v) is 23.7. The Balaban J connectivity index is 2.27. The molecule has 2 rings (SSSR count). The van der Waals surface area contributed by atoms with Crippen molar-refractivity contribution >= 4 is 46.5 Å². The van der Waals surface area contributed by atoms with E-state index in [1.807, 2.05) is 24.3 Å². The summed E-state index contributed by atoms with van der Waals surface area (Å²) in [6.45, 7) is -0.349. The molecule has 0 bridgehead atoms. The number of H-pyrrole nitrogens is 1. The van der Waals surface area contributed by atoms with Crippen LogP contribution in [0.3, 0.4) is 0 Å². The molecule has 0 aliphatic heterocycles. The Morgan fingerprint density at radius 2 is 1.35 bits per heavy atom. The van der Waals surface area contributed by atoms with Crippen molar-refractivity contribution in [1.29, 1.82) is 0 Å². The molecule has 1 heterocycles. The van der Waals surface area contributed by atoms with Crippen LogP contribution >= 0.6 is 0 Å². The average molecular weight is 604 g/mol. The number of aliphatic imine (C=N–C) groups is 2. The Morgan fingerprint density at radius 1 is 0.814 bits per heavy atom. The van der Waals surface area contributed by atoms with Gasteiger partial charge in [0, 0.05) is 36.6 Å². The van der Waals surface area contributed by atoms with Crippen molar-refractivity contribution in [1.82, 2.24) is 20.9 Å². The van der Waals surface area contributed by atoms with Gasteiger partial charge in [-0.3, -0.25) is 24.4 Å². The van der Waals surface area contributed by atoms with Crippen LogP contribution in [0.4, 0.5) is 0 Å². The lowest BCUT2D eigenvalue weighted by atomic mass is 10.0. The van der Waals surface area contributed by atoms with Gasteiger partial charge in [-0.2, -0.15) is 0 Å². The number of aliphatic hydroxyl groups excluding tert-OH is 1. The number of aromatic nitrogens is 1. The highest BCUT2D eigenvalue weighted by atomic mass is 16.4. The van der Waals surface area contributed by atoms with Crippen molar-refractivity contribution in [3.8, 4) is 0 Å². The largest absolute Gasteiger partial charge is 0.480 e. The van der Waals surface area contributed by atoms with Gasteiger partial charge in [0.15, 0.2) is 11.9 Å². The first-order valence-electron chi connectivity index (χ1n) is 13.6. The number of aromatic amines is 1. The Hall–Kier alpha value is -4.90. The van der Waals surface area contributed by atoms with Crippen LogP contribution in [-0.4, -0.2) is 94.7 Å². The molecule has 0 aliphatic carbocycles. The smallest absolute Gasteiger partial charge is 0.326 e. The summed E-state index contributed by atoms with van der Waals surface area (Å²) in [4.78, 5) is 62.0. The van der Waals surface area contributed by atoms with Gasteiger partial charge in [0.1, 0.15) is 24.2 Å². The Labute approximate surface area is 247 Å². The standard InChI is InChI=1S/C26H41N11O6/c27-16(13-38)21(39)37-20(11-14-12-34-17-6-2-1-5-15(14)17)23(41)35-18(7-3-9-32-25(28)29)22(40)36-19(24(42)43)8-4-10-33-26(30)31/h1-2,5-6,12,16,18-20,34,38H,3-4,7-11,13,27H2,(H,35,41)(H,36,40)(H,37,39)(H,42,43)(H4,28,29,32)(H4,30,31,33). The molecule has 43 heavy (non-hydrogen) atoms. The predicted molar refractivity (Wildman–Crippen MR) is 160 cm³/mol. The fourth-order valence-electron chi connectivity index (χ4n) is 4.17. The fourth-order valence-corrected chi connectivity index (χ4v) is 4.17. The number of carboxylic acid groups (broad SMARTS) is 1. The third-order valence-corrected chi connectivity index (χ3v) is 6.40. The molecule has 4 unspecified atom stereocenters. The number of benzene rings is 1. The van der Waals surface area contributed by atoms with Crippen LogP contribution in [0.1, 0.15) is 31.2 Å². The molecular formula is C26H41N11O6. The van der Waals surface area contributed by atoms with Crippen LogP contribution in [0.2, 0.25) is 0 Å². The maximum Gasteiger partial charge on any atom is 0.326 e. The summed E-state index contributed by atoms with van der Waals surface area (Å²) in [5, 5.41) is 27.4. The fraction of sp³-hybridized carbons (Fsp3) is 0.462. The summed E-state index contributed by atoms with van der Waals surface area (Å²) in [6, 6.07) is 2.36. The number of hydrogen-bond donors (Lipinski definition) is 11. The summed E-state index contributed by atoms with van der Waals surface area (Å²) >= 11 is 0. The number of carboxylic acids is 1. The monoisotopic (exact) mass is 603 g/mol. The van der Waals surface area contributed by atoms with Crippen molar-refractivity contribution in [3.63, 3.8) is 0 Å². The molecule has 4 atom stereocenters. The molecule has 0 saturated carbocycles. The van der Waals surface area contributed by atoms with E-state index in [2.05, 4.69) is 30.9 Å². The second-order valence-corrected chi connectivity index (χ2v) is 9.77. The van der Waals surface area contributed by atoms with Gasteiger partial charge in [-0.15, -0.1) is 0 Å². The highest BCUT2D eigenvalue weighted by Gasteiger charge is 2.30. The Morgan fingerprint density at radius 3 is 1.93 bits per heavy atom. The molecule has 0 fully saturated rings. The third kappa shape index (κ3) is 11.5. The molecule has 0 spiro atoms. The summed E-state index contributed by atoms with van der Waals surface area (Å²) in [5.41, 5.74) is 28.5. The van der Waals surface area contributed by atoms with Crippen molar-refractivity contribution in [2.75, 3.05) is 19.7 Å². The highest BCUT2D eigenvalue weighted by Crippen LogP contribution is 2.19. The van der Waals surface area contributed by atoms with Crippen LogP contribution in [0.5, 0.6) is 0 Å². The minimum Gasteiger partial charge on any atom is -0.480 e. The molecule has 17 nitrogen and oxygen atoms in total. The van der Waals surface area contributed by atoms with E-state index < -0.39 is 54.5 Å². The number of nitrogens with zero attached hydrogens (tertiary/aromatic N) is 2. The van der Waals surface area contributed by atoms with Gasteiger partial charge in [0.25, 0.3) is 0 Å². The summed E-state index contributed by atoms with van der Waals surface area (Å²) in [7, 11) is 0. The van der Waals surface area contributed by atoms with Crippen LogP contribution in [0.15, 0.2) is 40.4 Å². The van der Waals surface area contributed by atoms with Crippen molar-refractivity contribution in [2.24, 2.45) is 38.7 Å². The molecule has 1 aromatic carbocycles. The topological polar surface area (TPSA) is 315 Å². The normalized spacial score (nSPS) is 13.6. The van der Waals surface area contributed by atoms with E-state index in [0.29, 0.717) is 5.56 Å². The van der Waals surface area contributed by atoms with E-state index in [9.17, 15) is 29.4 Å². The molecule has 236 valence electrons. The van der Waals surface area contributed by atoms with Gasteiger partial charge in [0.2, 0.25) is 17.7 Å². The first-order valence-corrected chi connectivity index (χ1v) is 13.6. The Kier molecular flexibility index (Phi) is 13.7.